The van der Waals surface area contributed by atoms with Gasteiger partial charge in [-0.15, -0.1) is 30.1 Å². The summed E-state index contributed by atoms with van der Waals surface area (Å²) >= 11 is 14.1. The Kier molecular flexibility index (Phi) is 16.3. The van der Waals surface area contributed by atoms with Gasteiger partial charge in [0.25, 0.3) is 46.0 Å². The van der Waals surface area contributed by atoms with Gasteiger partial charge in [-0.2, -0.15) is 33.7 Å². The molecule has 7 aromatic rings. The Balaban J connectivity index is 0.000000199. The Hall–Kier alpha value is -5.94. The summed E-state index contributed by atoms with van der Waals surface area (Å²) in [7, 11) is -18.7. The van der Waals surface area contributed by atoms with Crippen LogP contribution < -0.4 is 17.2 Å². The largest absolute Gasteiger partial charge is 0.383 e. The van der Waals surface area contributed by atoms with Gasteiger partial charge in [0.05, 0.1) is 25.6 Å². The quantitative estimate of drug-likeness (QED) is 0.108. The van der Waals surface area contributed by atoms with Crippen LogP contribution in [0.2, 0.25) is 10.0 Å². The molecule has 2 aromatic heterocycles. The van der Waals surface area contributed by atoms with Crippen LogP contribution in [0.3, 0.4) is 0 Å². The normalized spacial score (nSPS) is 18.5. The predicted molar refractivity (Wildman–Crippen MR) is 287 cm³/mol. The maximum atomic E-state index is 13.8. The zero-order valence-electron chi connectivity index (χ0n) is 39.8. The van der Waals surface area contributed by atoms with Crippen molar-refractivity contribution in [3.05, 3.63) is 166 Å². The summed E-state index contributed by atoms with van der Waals surface area (Å²) in [6.45, 7) is 2.19. The number of aliphatic hydroxyl groups excluding tert-OH is 1. The number of aliphatic hydroxyl groups is 1. The lowest BCUT2D eigenvalue weighted by molar-refractivity contribution is -0.124. The van der Waals surface area contributed by atoms with Gasteiger partial charge in [-0.05, 0) is 153 Å². The van der Waals surface area contributed by atoms with E-state index in [4.69, 9.17) is 23.2 Å². The van der Waals surface area contributed by atoms with Crippen molar-refractivity contribution < 1.29 is 57.1 Å². The highest BCUT2D eigenvalue weighted by Crippen LogP contribution is 2.38. The first kappa shape index (κ1) is 55.8. The second-order valence-electron chi connectivity index (χ2n) is 17.6. The van der Waals surface area contributed by atoms with Crippen LogP contribution in [0.4, 0.5) is 30.4 Å². The number of hydrogen-bond donors (Lipinski definition) is 1. The molecule has 0 saturated carbocycles. The van der Waals surface area contributed by atoms with E-state index in [0.29, 0.717) is 40.9 Å². The van der Waals surface area contributed by atoms with Gasteiger partial charge in [-0.1, -0.05) is 23.2 Å². The molecule has 0 radical (unpaired) electrons. The molecule has 1 N–H and O–H groups in total. The molecule has 2 amide bonds. The van der Waals surface area contributed by atoms with Crippen molar-refractivity contribution >= 4 is 119 Å². The molecule has 0 unspecified atom stereocenters. The van der Waals surface area contributed by atoms with Crippen molar-refractivity contribution in [2.45, 2.75) is 63.3 Å². The minimum absolute atomic E-state index is 0.0846. The summed E-state index contributed by atoms with van der Waals surface area (Å²) in [5, 5.41) is 13.0. The summed E-state index contributed by atoms with van der Waals surface area (Å²) in [6, 6.07) is 23.4. The molecule has 3 atom stereocenters. The number of likely N-dealkylation sites (tertiary alicyclic amines) is 1. The van der Waals surface area contributed by atoms with Crippen LogP contribution in [0.1, 0.15) is 37.2 Å². The van der Waals surface area contributed by atoms with Gasteiger partial charge < -0.3 is 14.9 Å². The maximum absolute atomic E-state index is 13.8. The highest BCUT2D eigenvalue weighted by molar-refractivity contribution is 8.11. The first-order chi connectivity index (χ1) is 36.6. The third-order valence-electron chi connectivity index (χ3n) is 12.7. The van der Waals surface area contributed by atoms with Gasteiger partial charge in [0.2, 0.25) is 16.2 Å². The van der Waals surface area contributed by atoms with E-state index in [9.17, 15) is 57.1 Å². The Bertz CT molecular complexity index is 3740. The van der Waals surface area contributed by atoms with E-state index in [1.807, 2.05) is 12.1 Å². The topological polar surface area (TPSA) is 233 Å². The van der Waals surface area contributed by atoms with Crippen molar-refractivity contribution in [3.63, 3.8) is 0 Å². The number of nitrogens with zero attached hydrogens (tertiary/aromatic N) is 7. The fraction of sp³-hybridized carbons (Fsp3) is 0.224. The van der Waals surface area contributed by atoms with Crippen molar-refractivity contribution in [3.8, 4) is 0 Å². The lowest BCUT2D eigenvalue weighted by atomic mass is 9.89. The second-order valence-corrected chi connectivity index (χ2v) is 27.8. The van der Waals surface area contributed by atoms with Crippen molar-refractivity contribution in [2.75, 3.05) is 43.4 Å². The number of carbonyl (C=O) groups excluding carboxylic acids is 2. The molecular formula is C49H43Cl2F2N7O11S6. The molecule has 18 nitrogen and oxygen atoms in total. The molecule has 0 aliphatic carbocycles. The molecule has 0 bridgehead atoms. The number of sulfonamides is 4. The first-order valence-corrected chi connectivity index (χ1v) is 31.5. The number of piperidine rings is 1. The fourth-order valence-corrected chi connectivity index (χ4v) is 19.0. The number of amides is 2. The van der Waals surface area contributed by atoms with E-state index < -0.39 is 73.5 Å². The first-order valence-electron chi connectivity index (χ1n) is 23.2. The van der Waals surface area contributed by atoms with E-state index in [1.54, 1.807) is 11.0 Å². The average molecular weight is 1210 g/mol. The fourth-order valence-electron chi connectivity index (χ4n) is 9.03. The number of halogens is 4. The molecule has 0 spiro atoms. The number of thiazole rings is 2. The molecule has 77 heavy (non-hydrogen) atoms. The van der Waals surface area contributed by atoms with E-state index in [-0.39, 0.29) is 58.3 Å². The highest BCUT2D eigenvalue weighted by Gasteiger charge is 2.42. The van der Waals surface area contributed by atoms with E-state index in [1.165, 1.54) is 76.6 Å². The zero-order chi connectivity index (χ0) is 55.0. The number of hydrogen-bond acceptors (Lipinski definition) is 16. The van der Waals surface area contributed by atoms with Crippen LogP contribution in [0, 0.1) is 11.6 Å². The van der Waals surface area contributed by atoms with Gasteiger partial charge in [0.1, 0.15) is 17.7 Å². The Morgan fingerprint density at radius 2 is 0.948 bits per heavy atom. The molecular weight excluding hydrogens is 1160 g/mol. The molecule has 3 fully saturated rings. The lowest BCUT2D eigenvalue weighted by Crippen LogP contribution is -2.46. The Morgan fingerprint density at radius 3 is 1.34 bits per heavy atom. The predicted octanol–water partition coefficient (Wildman–Crippen LogP) is 8.12. The molecule has 28 heteroatoms. The van der Waals surface area contributed by atoms with Crippen LogP contribution in [0.15, 0.2) is 158 Å². The van der Waals surface area contributed by atoms with Crippen molar-refractivity contribution in [1.29, 1.82) is 0 Å². The number of benzene rings is 5. The number of aromatic nitrogens is 2. The number of anilines is 4. The van der Waals surface area contributed by atoms with Crippen LogP contribution in [-0.4, -0.2) is 104 Å². The van der Waals surface area contributed by atoms with Crippen molar-refractivity contribution in [1.82, 2.24) is 14.9 Å². The van der Waals surface area contributed by atoms with Crippen LogP contribution in [0.5, 0.6) is 0 Å². The van der Waals surface area contributed by atoms with E-state index in [0.717, 1.165) is 96.2 Å². The van der Waals surface area contributed by atoms with Crippen molar-refractivity contribution in [2.24, 2.45) is 0 Å². The minimum Gasteiger partial charge on any atom is -0.383 e. The number of carbonyl (C=O) groups is 2. The molecule has 5 heterocycles. The summed E-state index contributed by atoms with van der Waals surface area (Å²) in [6.07, 6.45) is 4.18. The Labute approximate surface area is 460 Å². The summed E-state index contributed by atoms with van der Waals surface area (Å²) < 4.78 is 135. The smallest absolute Gasteiger partial charge is 0.279 e. The zero-order valence-corrected chi connectivity index (χ0v) is 46.2. The van der Waals surface area contributed by atoms with E-state index in [2.05, 4.69) is 14.9 Å². The molecule has 404 valence electrons. The van der Waals surface area contributed by atoms with Gasteiger partial charge in [0, 0.05) is 70.6 Å². The summed E-state index contributed by atoms with van der Waals surface area (Å²) in [5.41, 5.74) is 1.91. The minimum atomic E-state index is -4.69. The molecule has 3 saturated heterocycles. The summed E-state index contributed by atoms with van der Waals surface area (Å²) in [4.78, 5) is 37.0. The van der Waals surface area contributed by atoms with Gasteiger partial charge in [0.15, 0.2) is 0 Å². The molecule has 3 aliphatic rings. The SMILES string of the molecule is O=C1[C@@H](N2CCC[C@H](c3cc(Cl)cc(Cl)c3)C2)CCN1c1ccc(S(=O)(=O)N(c2nccs2)S(=O)(=O)c2ccc(F)cc2)cc1.O=C1[C@H](O)CCN1c1ccc(S(=O)(=O)N(c2nccs2)S(=O)(=O)c2ccc(F)cc2)cc1. The van der Waals surface area contributed by atoms with Crippen LogP contribution in [0.25, 0.3) is 0 Å². The third-order valence-corrected chi connectivity index (χ3v) is 23.4. The molecule has 10 rings (SSSR count). The number of rotatable bonds is 14. The van der Waals surface area contributed by atoms with Gasteiger partial charge >= 0.3 is 0 Å². The molecule has 3 aliphatic heterocycles. The second kappa shape index (κ2) is 22.4. The summed E-state index contributed by atoms with van der Waals surface area (Å²) in [5.74, 6) is -1.74. The lowest BCUT2D eigenvalue weighted by Gasteiger charge is -2.36. The average Bonchev–Trinajstić information content (AvgIpc) is 4.26. The van der Waals surface area contributed by atoms with E-state index >= 15 is 0 Å². The van der Waals surface area contributed by atoms with Gasteiger partial charge in [-0.25, -0.2) is 18.7 Å². The third kappa shape index (κ3) is 11.5. The standard InChI is InChI=1S/C30H27Cl2FN4O5S3.C19H16FN3O6S3/c31-22-16-21(17-23(32)18-22)20-2-1-13-35(19-20)28-11-14-36(29(28)38)25-5-9-27(10-6-25)45(41,42)37(30-34-12-15-43-30)44(39,40)26-7-3-24(33)4-8-26;20-13-1-5-15(6-2-13)31(26,27)23(19-21-10-12-30-19)32(28,29)16-7-3-14(4-8-16)22-11-9-17(24)18(22)25/h3-10,12,15-18,20,28H,1-2,11,13-14,19H2;1-8,10,12,17,24H,9,11H2/t20-,28-;17-/m01/s1. The van der Waals surface area contributed by atoms with Crippen LogP contribution in [-0.2, 0) is 49.7 Å². The van der Waals surface area contributed by atoms with Gasteiger partial charge in [-0.3, -0.25) is 14.5 Å². The maximum Gasteiger partial charge on any atom is 0.279 e. The highest BCUT2D eigenvalue weighted by atomic mass is 35.5. The molecule has 5 aromatic carbocycles. The van der Waals surface area contributed by atoms with Crippen LogP contribution >= 0.6 is 45.9 Å². The monoisotopic (exact) mass is 1210 g/mol. The Morgan fingerprint density at radius 1 is 0.545 bits per heavy atom.